The summed E-state index contributed by atoms with van der Waals surface area (Å²) in [5.41, 5.74) is 2.59. The Morgan fingerprint density at radius 1 is 1.45 bits per heavy atom. The van der Waals surface area contributed by atoms with Crippen LogP contribution in [0.25, 0.3) is 5.69 Å². The maximum absolute atomic E-state index is 11.6. The molecule has 0 amide bonds. The number of methoxy groups -OCH3 is 1. The molecule has 102 valence electrons. The van der Waals surface area contributed by atoms with E-state index in [1.807, 2.05) is 6.92 Å². The summed E-state index contributed by atoms with van der Waals surface area (Å²) in [7, 11) is 1.33. The second-order valence-electron chi connectivity index (χ2n) is 4.47. The largest absolute Gasteiger partial charge is 0.465 e. The molecule has 0 fully saturated rings. The molecule has 0 aliphatic carbocycles. The van der Waals surface area contributed by atoms with Gasteiger partial charge in [-0.1, -0.05) is 6.07 Å². The maximum atomic E-state index is 11.6. The number of hydrogen-bond donors (Lipinski definition) is 0. The van der Waals surface area contributed by atoms with Crippen molar-refractivity contribution in [2.24, 2.45) is 0 Å². The fraction of sp³-hybridized carbons (Fsp3) is 0.214. The Kier molecular flexibility index (Phi) is 2.78. The van der Waals surface area contributed by atoms with Gasteiger partial charge in [0.2, 0.25) is 5.88 Å². The number of fused-ring (bicyclic) bond motifs is 1. The van der Waals surface area contributed by atoms with Crippen LogP contribution in [0.4, 0.5) is 0 Å². The third kappa shape index (κ3) is 1.85. The number of aromatic nitrogens is 2. The van der Waals surface area contributed by atoms with Crippen LogP contribution in [0, 0.1) is 6.92 Å². The van der Waals surface area contributed by atoms with Crippen LogP contribution in [-0.2, 0) is 16.0 Å². The number of aryl methyl sites for hydroxylation is 1. The third-order valence-corrected chi connectivity index (χ3v) is 3.18. The fourth-order valence-electron chi connectivity index (χ4n) is 2.19. The van der Waals surface area contributed by atoms with Gasteiger partial charge in [-0.25, -0.2) is 9.48 Å². The molecular formula is C14H12N2O4. The first kappa shape index (κ1) is 12.4. The Morgan fingerprint density at radius 3 is 3.00 bits per heavy atom. The molecular weight excluding hydrogens is 260 g/mol. The average Bonchev–Trinajstić information content (AvgIpc) is 2.97. The summed E-state index contributed by atoms with van der Waals surface area (Å²) in [6.45, 7) is 1.82. The molecule has 0 bridgehead atoms. The molecule has 1 aliphatic rings. The van der Waals surface area contributed by atoms with E-state index in [4.69, 9.17) is 4.74 Å². The van der Waals surface area contributed by atoms with E-state index in [0.29, 0.717) is 17.1 Å². The Balaban J connectivity index is 2.09. The summed E-state index contributed by atoms with van der Waals surface area (Å²) < 4.78 is 11.4. The first-order chi connectivity index (χ1) is 9.60. The number of esters is 2. The smallest absolute Gasteiger partial charge is 0.337 e. The fourth-order valence-corrected chi connectivity index (χ4v) is 2.19. The molecule has 2 aromatic rings. The normalized spacial score (nSPS) is 13.0. The van der Waals surface area contributed by atoms with Gasteiger partial charge in [0.1, 0.15) is 0 Å². The molecule has 1 aromatic heterocycles. The molecule has 3 rings (SSSR count). The zero-order valence-electron chi connectivity index (χ0n) is 11.0. The maximum Gasteiger partial charge on any atom is 0.337 e. The summed E-state index contributed by atoms with van der Waals surface area (Å²) in [4.78, 5) is 22.9. The number of benzene rings is 1. The van der Waals surface area contributed by atoms with Gasteiger partial charge in [-0.2, -0.15) is 5.10 Å². The molecule has 2 heterocycles. The number of carbonyl (C=O) groups is 2. The highest BCUT2D eigenvalue weighted by atomic mass is 16.6. The molecule has 0 saturated carbocycles. The predicted molar refractivity (Wildman–Crippen MR) is 69.0 cm³/mol. The number of carbonyl (C=O) groups excluding carboxylic acids is 2. The molecule has 0 atom stereocenters. The van der Waals surface area contributed by atoms with Crippen molar-refractivity contribution < 1.29 is 19.1 Å². The number of ether oxygens (including phenoxy) is 2. The minimum absolute atomic E-state index is 0.234. The van der Waals surface area contributed by atoms with Gasteiger partial charge >= 0.3 is 11.9 Å². The second-order valence-corrected chi connectivity index (χ2v) is 4.47. The first-order valence-electron chi connectivity index (χ1n) is 6.08. The van der Waals surface area contributed by atoms with Crippen LogP contribution in [0.1, 0.15) is 21.6 Å². The molecule has 6 heteroatoms. The van der Waals surface area contributed by atoms with Crippen LogP contribution < -0.4 is 4.74 Å². The molecule has 20 heavy (non-hydrogen) atoms. The topological polar surface area (TPSA) is 70.4 Å². The van der Waals surface area contributed by atoms with Crippen molar-refractivity contribution in [1.29, 1.82) is 0 Å². The van der Waals surface area contributed by atoms with E-state index < -0.39 is 5.97 Å². The van der Waals surface area contributed by atoms with Crippen LogP contribution in [0.5, 0.6) is 5.88 Å². The lowest BCUT2D eigenvalue weighted by Crippen LogP contribution is -2.08. The molecule has 0 unspecified atom stereocenters. The molecule has 0 spiro atoms. The number of hydrogen-bond acceptors (Lipinski definition) is 5. The van der Waals surface area contributed by atoms with E-state index in [1.54, 1.807) is 24.3 Å². The van der Waals surface area contributed by atoms with Gasteiger partial charge < -0.3 is 9.47 Å². The van der Waals surface area contributed by atoms with E-state index >= 15 is 0 Å². The standard InChI is InChI=1S/C14H12N2O4/c1-8-11-7-12(17)20-13(11)16(15-8)10-5-3-4-9(6-10)14(18)19-2/h3-6H,7H2,1-2H3. The monoisotopic (exact) mass is 272 g/mol. The summed E-state index contributed by atoms with van der Waals surface area (Å²) in [5.74, 6) is -0.294. The van der Waals surface area contributed by atoms with E-state index in [9.17, 15) is 9.59 Å². The molecule has 0 N–H and O–H groups in total. The Morgan fingerprint density at radius 2 is 2.25 bits per heavy atom. The summed E-state index contributed by atoms with van der Waals surface area (Å²) in [6, 6.07) is 6.80. The SMILES string of the molecule is COC(=O)c1cccc(-n2nc(C)c3c2OC(=O)C3)c1. The van der Waals surface area contributed by atoms with Crippen LogP contribution >= 0.6 is 0 Å². The minimum Gasteiger partial charge on any atom is -0.465 e. The van der Waals surface area contributed by atoms with Crippen LogP contribution in [0.15, 0.2) is 24.3 Å². The number of nitrogens with zero attached hydrogens (tertiary/aromatic N) is 2. The van der Waals surface area contributed by atoms with Gasteiger partial charge in [0.25, 0.3) is 0 Å². The average molecular weight is 272 g/mol. The molecule has 0 radical (unpaired) electrons. The van der Waals surface area contributed by atoms with E-state index in [-0.39, 0.29) is 12.4 Å². The van der Waals surface area contributed by atoms with Gasteiger partial charge in [-0.05, 0) is 25.1 Å². The van der Waals surface area contributed by atoms with E-state index in [0.717, 1.165) is 11.3 Å². The van der Waals surface area contributed by atoms with Crippen molar-refractivity contribution in [3.63, 3.8) is 0 Å². The Hall–Kier alpha value is -2.63. The lowest BCUT2D eigenvalue weighted by atomic mass is 10.2. The summed E-state index contributed by atoms with van der Waals surface area (Å²) in [5, 5.41) is 4.35. The highest BCUT2D eigenvalue weighted by Crippen LogP contribution is 2.31. The van der Waals surface area contributed by atoms with Crippen molar-refractivity contribution in [1.82, 2.24) is 9.78 Å². The van der Waals surface area contributed by atoms with Gasteiger partial charge in [-0.15, -0.1) is 0 Å². The number of rotatable bonds is 2. The van der Waals surface area contributed by atoms with Gasteiger partial charge in [-0.3, -0.25) is 4.79 Å². The van der Waals surface area contributed by atoms with E-state index in [2.05, 4.69) is 9.84 Å². The quantitative estimate of drug-likeness (QED) is 0.773. The Labute approximate surface area is 114 Å². The summed E-state index contributed by atoms with van der Waals surface area (Å²) in [6.07, 6.45) is 0.234. The molecule has 1 aromatic carbocycles. The second kappa shape index (κ2) is 4.48. The van der Waals surface area contributed by atoms with Crippen LogP contribution in [0.3, 0.4) is 0 Å². The Bertz CT molecular complexity index is 718. The van der Waals surface area contributed by atoms with Gasteiger partial charge in [0.05, 0.1) is 30.5 Å². The van der Waals surface area contributed by atoms with Crippen molar-refractivity contribution in [3.8, 4) is 11.6 Å². The van der Waals surface area contributed by atoms with Crippen molar-refractivity contribution in [3.05, 3.63) is 41.1 Å². The lowest BCUT2D eigenvalue weighted by Gasteiger charge is -2.06. The summed E-state index contributed by atoms with van der Waals surface area (Å²) >= 11 is 0. The van der Waals surface area contributed by atoms with Crippen molar-refractivity contribution >= 4 is 11.9 Å². The van der Waals surface area contributed by atoms with Gasteiger partial charge in [0.15, 0.2) is 0 Å². The van der Waals surface area contributed by atoms with Crippen molar-refractivity contribution in [2.45, 2.75) is 13.3 Å². The highest BCUT2D eigenvalue weighted by Gasteiger charge is 2.29. The molecule has 1 aliphatic heterocycles. The first-order valence-corrected chi connectivity index (χ1v) is 6.08. The molecule has 0 saturated heterocycles. The van der Waals surface area contributed by atoms with Crippen LogP contribution in [0.2, 0.25) is 0 Å². The highest BCUT2D eigenvalue weighted by molar-refractivity contribution is 5.90. The van der Waals surface area contributed by atoms with Crippen molar-refractivity contribution in [2.75, 3.05) is 7.11 Å². The third-order valence-electron chi connectivity index (χ3n) is 3.18. The van der Waals surface area contributed by atoms with Crippen LogP contribution in [-0.4, -0.2) is 28.8 Å². The minimum atomic E-state index is -0.427. The zero-order chi connectivity index (χ0) is 14.3. The predicted octanol–water partition coefficient (Wildman–Crippen LogP) is 1.43. The van der Waals surface area contributed by atoms with Gasteiger partial charge in [0, 0.05) is 5.56 Å². The zero-order valence-corrected chi connectivity index (χ0v) is 11.0. The molecule has 6 nitrogen and oxygen atoms in total. The van der Waals surface area contributed by atoms with E-state index in [1.165, 1.54) is 11.8 Å². The lowest BCUT2D eigenvalue weighted by molar-refractivity contribution is -0.132.